The minimum atomic E-state index is -0.327. The van der Waals surface area contributed by atoms with E-state index in [0.29, 0.717) is 34.6 Å². The van der Waals surface area contributed by atoms with Crippen molar-refractivity contribution in [2.75, 3.05) is 5.32 Å². The van der Waals surface area contributed by atoms with Crippen LogP contribution in [0.4, 0.5) is 5.13 Å². The molecule has 0 spiro atoms. The zero-order chi connectivity index (χ0) is 20.1. The van der Waals surface area contributed by atoms with Gasteiger partial charge in [-0.25, -0.2) is 0 Å². The predicted molar refractivity (Wildman–Crippen MR) is 107 cm³/mol. The minimum absolute atomic E-state index is 0.0989. The Bertz CT molecular complexity index is 1110. The summed E-state index contributed by atoms with van der Waals surface area (Å²) in [7, 11) is 0. The van der Waals surface area contributed by atoms with E-state index in [4.69, 9.17) is 9.26 Å². The average molecular weight is 407 g/mol. The van der Waals surface area contributed by atoms with Crippen LogP contribution in [0, 0.1) is 6.92 Å². The van der Waals surface area contributed by atoms with Gasteiger partial charge in [0.25, 0.3) is 5.91 Å². The summed E-state index contributed by atoms with van der Waals surface area (Å²) in [6.45, 7) is 1.80. The quantitative estimate of drug-likeness (QED) is 0.499. The molecular weight excluding hydrogens is 390 g/mol. The van der Waals surface area contributed by atoms with Gasteiger partial charge in [0.1, 0.15) is 10.8 Å². The Labute approximate surface area is 170 Å². The van der Waals surface area contributed by atoms with Crippen LogP contribution in [0.5, 0.6) is 5.75 Å². The number of amides is 1. The van der Waals surface area contributed by atoms with E-state index in [1.807, 2.05) is 30.3 Å². The number of aryl methyl sites for hydroxylation is 1. The smallest absolute Gasteiger partial charge is 0.261 e. The largest absolute Gasteiger partial charge is 0.485 e. The number of para-hydroxylation sites is 1. The highest BCUT2D eigenvalue weighted by Gasteiger charge is 2.16. The second-order valence-electron chi connectivity index (χ2n) is 6.13. The number of nitrogens with zero attached hydrogens (tertiary/aromatic N) is 4. The van der Waals surface area contributed by atoms with Crippen LogP contribution in [-0.4, -0.2) is 26.2 Å². The molecular formula is C20H17N5O3S. The minimum Gasteiger partial charge on any atom is -0.485 e. The molecule has 0 aliphatic carbocycles. The van der Waals surface area contributed by atoms with Gasteiger partial charge < -0.3 is 9.26 Å². The number of benzene rings is 2. The summed E-state index contributed by atoms with van der Waals surface area (Å²) in [5, 5.41) is 16.0. The third-order valence-corrected chi connectivity index (χ3v) is 4.78. The maximum atomic E-state index is 12.7. The van der Waals surface area contributed by atoms with E-state index in [1.165, 1.54) is 11.3 Å². The van der Waals surface area contributed by atoms with Crippen molar-refractivity contribution in [2.24, 2.45) is 0 Å². The Kier molecular flexibility index (Phi) is 5.57. The number of carbonyl (C=O) groups excluding carboxylic acids is 1. The van der Waals surface area contributed by atoms with Crippen LogP contribution < -0.4 is 10.1 Å². The van der Waals surface area contributed by atoms with Crippen molar-refractivity contribution in [1.29, 1.82) is 0 Å². The van der Waals surface area contributed by atoms with E-state index < -0.39 is 0 Å². The lowest BCUT2D eigenvalue weighted by molar-refractivity contribution is 0.102. The van der Waals surface area contributed by atoms with Gasteiger partial charge in [0.05, 0.1) is 5.56 Å². The molecule has 1 amide bonds. The number of aromatic nitrogens is 4. The van der Waals surface area contributed by atoms with Gasteiger partial charge >= 0.3 is 0 Å². The molecule has 0 saturated heterocycles. The van der Waals surface area contributed by atoms with Crippen molar-refractivity contribution >= 4 is 22.4 Å². The van der Waals surface area contributed by atoms with Crippen LogP contribution in [0.15, 0.2) is 59.1 Å². The van der Waals surface area contributed by atoms with Crippen molar-refractivity contribution < 1.29 is 14.1 Å². The van der Waals surface area contributed by atoms with Gasteiger partial charge in [-0.3, -0.25) is 10.1 Å². The van der Waals surface area contributed by atoms with Crippen molar-refractivity contribution in [3.05, 3.63) is 82.4 Å². The Morgan fingerprint density at radius 3 is 2.69 bits per heavy atom. The maximum absolute atomic E-state index is 12.7. The SMILES string of the molecule is Cc1nc(COc2ccccc2C(=O)Nc2nnc(Cc3ccccc3)s2)no1. The number of nitrogens with one attached hydrogen (secondary N) is 1. The lowest BCUT2D eigenvalue weighted by atomic mass is 10.2. The molecule has 0 radical (unpaired) electrons. The van der Waals surface area contributed by atoms with Gasteiger partial charge in [-0.05, 0) is 17.7 Å². The molecule has 0 aliphatic rings. The number of hydrogen-bond donors (Lipinski definition) is 1. The summed E-state index contributed by atoms with van der Waals surface area (Å²) in [4.78, 5) is 16.8. The van der Waals surface area contributed by atoms with Crippen molar-refractivity contribution in [3.8, 4) is 5.75 Å². The Morgan fingerprint density at radius 1 is 1.10 bits per heavy atom. The van der Waals surface area contributed by atoms with Gasteiger partial charge in [-0.1, -0.05) is 59.0 Å². The van der Waals surface area contributed by atoms with Crippen LogP contribution in [0.25, 0.3) is 0 Å². The van der Waals surface area contributed by atoms with Gasteiger partial charge in [0, 0.05) is 13.3 Å². The second-order valence-corrected chi connectivity index (χ2v) is 7.19. The van der Waals surface area contributed by atoms with Gasteiger partial charge in [-0.2, -0.15) is 4.98 Å². The number of ether oxygens (including phenoxy) is 1. The fourth-order valence-electron chi connectivity index (χ4n) is 2.63. The molecule has 4 rings (SSSR count). The first-order chi connectivity index (χ1) is 14.2. The van der Waals surface area contributed by atoms with Crippen LogP contribution >= 0.6 is 11.3 Å². The molecule has 0 atom stereocenters. The molecule has 8 nitrogen and oxygen atoms in total. The second kappa shape index (κ2) is 8.61. The van der Waals surface area contributed by atoms with Crippen molar-refractivity contribution in [3.63, 3.8) is 0 Å². The number of anilines is 1. The van der Waals surface area contributed by atoms with Crippen LogP contribution in [0.2, 0.25) is 0 Å². The van der Waals surface area contributed by atoms with E-state index in [1.54, 1.807) is 31.2 Å². The molecule has 0 aliphatic heterocycles. The number of hydrogen-bond acceptors (Lipinski definition) is 8. The number of carbonyl (C=O) groups is 1. The summed E-state index contributed by atoms with van der Waals surface area (Å²) < 4.78 is 10.6. The lowest BCUT2D eigenvalue weighted by Gasteiger charge is -2.09. The monoisotopic (exact) mass is 407 g/mol. The third kappa shape index (κ3) is 4.82. The van der Waals surface area contributed by atoms with E-state index in [-0.39, 0.29) is 12.5 Å². The van der Waals surface area contributed by atoms with Gasteiger partial charge in [0.2, 0.25) is 16.8 Å². The molecule has 0 fully saturated rings. The molecule has 9 heteroatoms. The molecule has 0 bridgehead atoms. The molecule has 4 aromatic rings. The van der Waals surface area contributed by atoms with E-state index in [9.17, 15) is 4.79 Å². The van der Waals surface area contributed by atoms with Gasteiger partial charge in [-0.15, -0.1) is 10.2 Å². The molecule has 146 valence electrons. The van der Waals surface area contributed by atoms with Crippen LogP contribution in [0.3, 0.4) is 0 Å². The van der Waals surface area contributed by atoms with Crippen molar-refractivity contribution in [1.82, 2.24) is 20.3 Å². The van der Waals surface area contributed by atoms with Crippen LogP contribution in [-0.2, 0) is 13.0 Å². The Morgan fingerprint density at radius 2 is 1.90 bits per heavy atom. The summed E-state index contributed by atoms with van der Waals surface area (Å²) in [6.07, 6.45) is 0.665. The number of rotatable bonds is 7. The summed E-state index contributed by atoms with van der Waals surface area (Å²) in [6, 6.07) is 16.9. The highest BCUT2D eigenvalue weighted by Crippen LogP contribution is 2.23. The standard InChI is InChI=1S/C20H17N5O3S/c1-13-21-17(25-28-13)12-27-16-10-6-5-9-15(16)19(26)22-20-24-23-18(29-20)11-14-7-3-2-4-8-14/h2-10H,11-12H2,1H3,(H,22,24,26). The maximum Gasteiger partial charge on any atom is 0.261 e. The highest BCUT2D eigenvalue weighted by atomic mass is 32.1. The van der Waals surface area contributed by atoms with E-state index >= 15 is 0 Å². The lowest BCUT2D eigenvalue weighted by Crippen LogP contribution is -2.13. The summed E-state index contributed by atoms with van der Waals surface area (Å²) in [5.41, 5.74) is 1.52. The van der Waals surface area contributed by atoms with E-state index in [2.05, 4.69) is 25.7 Å². The van der Waals surface area contributed by atoms with E-state index in [0.717, 1.165) is 10.6 Å². The fraction of sp³-hybridized carbons (Fsp3) is 0.150. The molecule has 0 saturated carbocycles. The summed E-state index contributed by atoms with van der Waals surface area (Å²) >= 11 is 1.34. The van der Waals surface area contributed by atoms with Crippen molar-refractivity contribution in [2.45, 2.75) is 20.0 Å². The molecule has 29 heavy (non-hydrogen) atoms. The zero-order valence-electron chi connectivity index (χ0n) is 15.5. The Hall–Kier alpha value is -3.59. The first kappa shape index (κ1) is 18.8. The third-order valence-electron chi connectivity index (χ3n) is 3.94. The topological polar surface area (TPSA) is 103 Å². The first-order valence-corrected chi connectivity index (χ1v) is 9.68. The molecule has 2 heterocycles. The molecule has 0 unspecified atom stereocenters. The average Bonchev–Trinajstić information content (AvgIpc) is 3.36. The highest BCUT2D eigenvalue weighted by molar-refractivity contribution is 7.15. The Balaban J connectivity index is 1.42. The van der Waals surface area contributed by atoms with Crippen LogP contribution in [0.1, 0.15) is 32.6 Å². The molecule has 2 aromatic carbocycles. The fourth-order valence-corrected chi connectivity index (χ4v) is 3.40. The summed E-state index contributed by atoms with van der Waals surface area (Å²) in [5.74, 6) is 0.957. The first-order valence-electron chi connectivity index (χ1n) is 8.86. The molecule has 2 aromatic heterocycles. The zero-order valence-corrected chi connectivity index (χ0v) is 16.3. The predicted octanol–water partition coefficient (Wildman–Crippen LogP) is 3.65. The van der Waals surface area contributed by atoms with Gasteiger partial charge in [0.15, 0.2) is 6.61 Å². The normalized spacial score (nSPS) is 10.7. The molecule has 1 N–H and O–H groups in total.